The molecule has 0 radical (unpaired) electrons. The first-order valence-corrected chi connectivity index (χ1v) is 12.0. The van der Waals surface area contributed by atoms with Crippen molar-refractivity contribution in [1.29, 1.82) is 0 Å². The summed E-state index contributed by atoms with van der Waals surface area (Å²) in [5.41, 5.74) is 2.71. The van der Waals surface area contributed by atoms with E-state index in [1.165, 1.54) is 43.6 Å². The van der Waals surface area contributed by atoms with Gasteiger partial charge in [0.15, 0.2) is 5.13 Å². The normalized spacial score (nSPS) is 11.8. The molecule has 2 aromatic carbocycles. The van der Waals surface area contributed by atoms with Crippen molar-refractivity contribution in [2.75, 3.05) is 19.4 Å². The number of carbonyl (C=O) groups excluding carboxylic acids is 1. The summed E-state index contributed by atoms with van der Waals surface area (Å²) in [6, 6.07) is 9.03. The Kier molecular flexibility index (Phi) is 7.15. The molecule has 1 amide bonds. The number of halogens is 2. The van der Waals surface area contributed by atoms with Crippen molar-refractivity contribution >= 4 is 32.4 Å². The molecule has 0 spiro atoms. The summed E-state index contributed by atoms with van der Waals surface area (Å²) in [6.07, 6.45) is 0. The molecule has 0 aliphatic heterocycles. The zero-order valence-electron chi connectivity index (χ0n) is 18.6. The Balaban J connectivity index is 1.87. The summed E-state index contributed by atoms with van der Waals surface area (Å²) in [7, 11) is -0.859. The van der Waals surface area contributed by atoms with Crippen LogP contribution in [0.3, 0.4) is 0 Å². The van der Waals surface area contributed by atoms with E-state index in [-0.39, 0.29) is 16.2 Å². The highest BCUT2D eigenvalue weighted by molar-refractivity contribution is 7.89. The number of alkyl halides is 2. The van der Waals surface area contributed by atoms with E-state index >= 15 is 0 Å². The molecule has 0 saturated heterocycles. The highest BCUT2D eigenvalue weighted by Gasteiger charge is 2.23. The predicted molar refractivity (Wildman–Crippen MR) is 124 cm³/mol. The highest BCUT2D eigenvalue weighted by Crippen LogP contribution is 2.32. The third kappa shape index (κ3) is 5.37. The van der Waals surface area contributed by atoms with Gasteiger partial charge in [-0.15, -0.1) is 11.3 Å². The summed E-state index contributed by atoms with van der Waals surface area (Å²) < 4.78 is 55.5. The van der Waals surface area contributed by atoms with Crippen molar-refractivity contribution in [2.45, 2.75) is 32.3 Å². The molecular formula is C22H23F2N3O4S2. The zero-order valence-corrected chi connectivity index (χ0v) is 20.3. The van der Waals surface area contributed by atoms with Gasteiger partial charge in [-0.05, 0) is 68.3 Å². The first-order valence-electron chi connectivity index (χ1n) is 9.78. The minimum atomic E-state index is -3.73. The van der Waals surface area contributed by atoms with Crippen LogP contribution in [0.15, 0.2) is 41.3 Å². The quantitative estimate of drug-likeness (QED) is 0.507. The van der Waals surface area contributed by atoms with Crippen LogP contribution in [0.1, 0.15) is 26.4 Å². The Morgan fingerprint density at radius 2 is 1.76 bits per heavy atom. The van der Waals surface area contributed by atoms with Crippen LogP contribution in [0.4, 0.5) is 13.9 Å². The second-order valence-corrected chi connectivity index (χ2v) is 10.8. The molecule has 176 valence electrons. The average Bonchev–Trinajstić information content (AvgIpc) is 3.09. The number of aromatic nitrogens is 1. The molecule has 0 unspecified atom stereocenters. The lowest BCUT2D eigenvalue weighted by Gasteiger charge is -2.16. The van der Waals surface area contributed by atoms with Gasteiger partial charge < -0.3 is 4.74 Å². The number of thiazole rings is 1. The van der Waals surface area contributed by atoms with E-state index in [4.69, 9.17) is 0 Å². The number of anilines is 1. The molecule has 3 rings (SSSR count). The van der Waals surface area contributed by atoms with Gasteiger partial charge in [0.25, 0.3) is 5.91 Å². The van der Waals surface area contributed by atoms with Crippen molar-refractivity contribution in [3.8, 4) is 17.0 Å². The van der Waals surface area contributed by atoms with Crippen LogP contribution < -0.4 is 10.1 Å². The number of nitrogens with one attached hydrogen (secondary N) is 1. The number of hydrogen-bond acceptors (Lipinski definition) is 6. The number of aryl methyl sites for hydroxylation is 2. The van der Waals surface area contributed by atoms with E-state index in [0.29, 0.717) is 27.5 Å². The number of nitrogens with zero attached hydrogens (tertiary/aromatic N) is 2. The van der Waals surface area contributed by atoms with Crippen LogP contribution in [0, 0.1) is 20.8 Å². The molecule has 0 atom stereocenters. The van der Waals surface area contributed by atoms with Crippen LogP contribution in [-0.4, -0.2) is 44.3 Å². The summed E-state index contributed by atoms with van der Waals surface area (Å²) in [5.74, 6) is -0.456. The van der Waals surface area contributed by atoms with Crippen LogP contribution >= 0.6 is 11.3 Å². The molecule has 1 N–H and O–H groups in total. The van der Waals surface area contributed by atoms with E-state index < -0.39 is 22.5 Å². The Morgan fingerprint density at radius 3 is 2.33 bits per heavy atom. The first kappa shape index (κ1) is 24.7. The lowest BCUT2D eigenvalue weighted by Crippen LogP contribution is -2.24. The maximum Gasteiger partial charge on any atom is 0.387 e. The van der Waals surface area contributed by atoms with Crippen molar-refractivity contribution < 1.29 is 26.7 Å². The Labute approximate surface area is 195 Å². The largest absolute Gasteiger partial charge is 0.435 e. The fraction of sp³-hybridized carbons (Fsp3) is 0.273. The molecule has 1 aromatic heterocycles. The summed E-state index contributed by atoms with van der Waals surface area (Å²) in [6.45, 7) is 2.36. The van der Waals surface area contributed by atoms with Gasteiger partial charge in [0.2, 0.25) is 10.0 Å². The number of hydrogen-bond donors (Lipinski definition) is 1. The van der Waals surface area contributed by atoms with Crippen LogP contribution in [0.2, 0.25) is 0 Å². The van der Waals surface area contributed by atoms with Crippen molar-refractivity contribution in [2.24, 2.45) is 0 Å². The molecular weight excluding hydrogens is 472 g/mol. The fourth-order valence-corrected chi connectivity index (χ4v) is 5.15. The van der Waals surface area contributed by atoms with Gasteiger partial charge in [-0.2, -0.15) is 8.78 Å². The van der Waals surface area contributed by atoms with E-state index in [1.807, 2.05) is 6.92 Å². The van der Waals surface area contributed by atoms with Gasteiger partial charge >= 0.3 is 6.61 Å². The van der Waals surface area contributed by atoms with Gasteiger partial charge in [0, 0.05) is 30.1 Å². The number of rotatable bonds is 7. The van der Waals surface area contributed by atoms with E-state index in [0.717, 1.165) is 9.18 Å². The fourth-order valence-electron chi connectivity index (χ4n) is 3.10. The second-order valence-electron chi connectivity index (χ2n) is 7.48. The number of sulfonamides is 1. The summed E-state index contributed by atoms with van der Waals surface area (Å²) >= 11 is 1.25. The zero-order chi connectivity index (χ0) is 24.5. The average molecular weight is 496 g/mol. The molecule has 0 bridgehead atoms. The van der Waals surface area contributed by atoms with E-state index in [9.17, 15) is 22.0 Å². The molecule has 11 heteroatoms. The van der Waals surface area contributed by atoms with E-state index in [2.05, 4.69) is 15.0 Å². The standard InChI is InChI=1S/C22H23F2N3O4S2/c1-12-10-16(11-18(13(12)2)33(29,30)27(4)5)20(28)26-22-25-19(14(3)32-22)15-6-8-17(9-7-15)31-21(23)24/h6-11,21H,1-5H3,(H,25,26,28). The lowest BCUT2D eigenvalue weighted by atomic mass is 10.1. The molecule has 0 fully saturated rings. The van der Waals surface area contributed by atoms with Gasteiger partial charge in [-0.3, -0.25) is 10.1 Å². The second kappa shape index (κ2) is 9.54. The summed E-state index contributed by atoms with van der Waals surface area (Å²) in [4.78, 5) is 18.2. The predicted octanol–water partition coefficient (Wildman–Crippen LogP) is 4.84. The van der Waals surface area contributed by atoms with Crippen LogP contribution in [0.25, 0.3) is 11.3 Å². The van der Waals surface area contributed by atoms with Crippen molar-refractivity contribution in [1.82, 2.24) is 9.29 Å². The third-order valence-corrected chi connectivity index (χ3v) is 7.84. The number of ether oxygens (including phenoxy) is 1. The van der Waals surface area contributed by atoms with Crippen LogP contribution in [0.5, 0.6) is 5.75 Å². The SMILES string of the molecule is Cc1cc(C(=O)Nc2nc(-c3ccc(OC(F)F)cc3)c(C)s2)cc(S(=O)(=O)N(C)C)c1C. The molecule has 1 heterocycles. The Hall–Kier alpha value is -2.89. The van der Waals surface area contributed by atoms with Crippen molar-refractivity contribution in [3.63, 3.8) is 0 Å². The third-order valence-electron chi connectivity index (χ3n) is 5.01. The lowest BCUT2D eigenvalue weighted by molar-refractivity contribution is -0.0498. The maximum atomic E-state index is 12.9. The molecule has 0 saturated carbocycles. The first-order chi connectivity index (χ1) is 15.4. The number of amides is 1. The number of benzene rings is 2. The highest BCUT2D eigenvalue weighted by atomic mass is 32.2. The molecule has 0 aliphatic carbocycles. The van der Waals surface area contributed by atoms with E-state index in [1.54, 1.807) is 32.0 Å². The van der Waals surface area contributed by atoms with Gasteiger partial charge in [0.1, 0.15) is 5.75 Å². The molecule has 7 nitrogen and oxygen atoms in total. The smallest absolute Gasteiger partial charge is 0.387 e. The molecule has 3 aromatic rings. The minimum Gasteiger partial charge on any atom is -0.435 e. The van der Waals surface area contributed by atoms with Gasteiger partial charge in [-0.1, -0.05) is 0 Å². The summed E-state index contributed by atoms with van der Waals surface area (Å²) in [5, 5.41) is 3.05. The van der Waals surface area contributed by atoms with Crippen LogP contribution in [-0.2, 0) is 10.0 Å². The minimum absolute atomic E-state index is 0.0355. The Bertz CT molecular complexity index is 1290. The Morgan fingerprint density at radius 1 is 1.12 bits per heavy atom. The number of carbonyl (C=O) groups is 1. The molecule has 33 heavy (non-hydrogen) atoms. The maximum absolute atomic E-state index is 12.9. The monoisotopic (exact) mass is 495 g/mol. The van der Waals surface area contributed by atoms with Crippen molar-refractivity contribution in [3.05, 3.63) is 58.0 Å². The molecule has 0 aliphatic rings. The topological polar surface area (TPSA) is 88.6 Å². The van der Waals surface area contributed by atoms with Gasteiger partial charge in [0.05, 0.1) is 10.6 Å². The van der Waals surface area contributed by atoms with Gasteiger partial charge in [-0.25, -0.2) is 17.7 Å².